The van der Waals surface area contributed by atoms with Crippen molar-refractivity contribution in [1.82, 2.24) is 0 Å². The molecule has 26 heavy (non-hydrogen) atoms. The Morgan fingerprint density at radius 3 is 2.42 bits per heavy atom. The molecule has 0 aliphatic rings. The summed E-state index contributed by atoms with van der Waals surface area (Å²) in [4.78, 5) is 11.6. The van der Waals surface area contributed by atoms with Crippen LogP contribution in [0.15, 0.2) is 45.8 Å². The fourth-order valence-electron chi connectivity index (χ4n) is 2.30. The van der Waals surface area contributed by atoms with Crippen LogP contribution < -0.4 is 9.04 Å². The lowest BCUT2D eigenvalue weighted by Gasteiger charge is -2.24. The van der Waals surface area contributed by atoms with Crippen molar-refractivity contribution in [3.05, 3.63) is 52.3 Å². The molecule has 0 bridgehead atoms. The number of halogens is 2. The number of aryl methyl sites for hydroxylation is 1. The maximum absolute atomic E-state index is 14.4. The molecule has 0 saturated heterocycles. The zero-order valence-corrected chi connectivity index (χ0v) is 16.7. The fraction of sp³-hybridized carbons (Fsp3) is 0.235. The number of benzene rings is 2. The topological polar surface area (TPSA) is 72.9 Å². The molecule has 2 aromatic rings. The number of carbonyl (C=O) groups excluding carboxylic acids is 1. The second-order valence-electron chi connectivity index (χ2n) is 5.31. The normalized spacial score (nSPS) is 11.1. The number of hydrogen-bond donors (Lipinski definition) is 0. The van der Waals surface area contributed by atoms with Crippen LogP contribution in [0.25, 0.3) is 0 Å². The van der Waals surface area contributed by atoms with E-state index in [1.165, 1.54) is 37.4 Å². The standard InChI is InChI=1S/C17H17BrFNO5S/c1-11-8-13(5-7-16(11)24-2)26(22,23)20(10-17(21)25-3)15-6-4-12(18)9-14(15)19/h4-9H,10H2,1-3H3. The molecule has 0 atom stereocenters. The van der Waals surface area contributed by atoms with Crippen molar-refractivity contribution < 1.29 is 27.1 Å². The third kappa shape index (κ3) is 4.16. The predicted molar refractivity (Wildman–Crippen MR) is 98.4 cm³/mol. The molecule has 9 heteroatoms. The summed E-state index contributed by atoms with van der Waals surface area (Å²) in [6.45, 7) is 1.02. The van der Waals surface area contributed by atoms with Gasteiger partial charge in [0.15, 0.2) is 0 Å². The summed E-state index contributed by atoms with van der Waals surface area (Å²) in [5.74, 6) is -1.10. The number of ether oxygens (including phenoxy) is 2. The molecule has 0 unspecified atom stereocenters. The molecule has 6 nitrogen and oxygen atoms in total. The van der Waals surface area contributed by atoms with Crippen molar-refractivity contribution in [1.29, 1.82) is 0 Å². The fourth-order valence-corrected chi connectivity index (χ4v) is 4.14. The second-order valence-corrected chi connectivity index (χ2v) is 8.09. The highest BCUT2D eigenvalue weighted by molar-refractivity contribution is 9.10. The van der Waals surface area contributed by atoms with Crippen LogP contribution in [0.2, 0.25) is 0 Å². The average molecular weight is 446 g/mol. The summed E-state index contributed by atoms with van der Waals surface area (Å²) >= 11 is 3.12. The predicted octanol–water partition coefficient (Wildman–Crippen LogP) is 3.27. The SMILES string of the molecule is COC(=O)CN(c1ccc(Br)cc1F)S(=O)(=O)c1ccc(OC)c(C)c1. The van der Waals surface area contributed by atoms with Crippen molar-refractivity contribution in [3.8, 4) is 5.75 Å². The molecule has 0 aliphatic carbocycles. The minimum absolute atomic E-state index is 0.0954. The van der Waals surface area contributed by atoms with Gasteiger partial charge in [-0.15, -0.1) is 0 Å². The Morgan fingerprint density at radius 1 is 1.19 bits per heavy atom. The molecular formula is C17H17BrFNO5S. The molecule has 2 rings (SSSR count). The van der Waals surface area contributed by atoms with Gasteiger partial charge in [-0.3, -0.25) is 9.10 Å². The molecule has 0 radical (unpaired) electrons. The quantitative estimate of drug-likeness (QED) is 0.637. The van der Waals surface area contributed by atoms with Crippen molar-refractivity contribution in [2.75, 3.05) is 25.1 Å². The van der Waals surface area contributed by atoms with Gasteiger partial charge in [0.2, 0.25) is 0 Å². The number of hydrogen-bond acceptors (Lipinski definition) is 5. The molecule has 0 spiro atoms. The van der Waals surface area contributed by atoms with Gasteiger partial charge in [0.25, 0.3) is 10.0 Å². The van der Waals surface area contributed by atoms with Gasteiger partial charge in [0.1, 0.15) is 18.1 Å². The molecule has 0 fully saturated rings. The molecule has 2 aromatic carbocycles. The Bertz CT molecular complexity index is 933. The van der Waals surface area contributed by atoms with Gasteiger partial charge < -0.3 is 9.47 Å². The molecule has 0 N–H and O–H groups in total. The highest BCUT2D eigenvalue weighted by atomic mass is 79.9. The van der Waals surface area contributed by atoms with E-state index in [1.54, 1.807) is 6.92 Å². The maximum Gasteiger partial charge on any atom is 0.326 e. The van der Waals surface area contributed by atoms with E-state index in [0.29, 0.717) is 20.1 Å². The summed E-state index contributed by atoms with van der Waals surface area (Å²) < 4.78 is 51.3. The van der Waals surface area contributed by atoms with Crippen LogP contribution >= 0.6 is 15.9 Å². The summed E-state index contributed by atoms with van der Waals surface area (Å²) in [5, 5.41) is 0. The Morgan fingerprint density at radius 2 is 1.88 bits per heavy atom. The lowest BCUT2D eigenvalue weighted by atomic mass is 10.2. The Labute approximate surface area is 159 Å². The molecular weight excluding hydrogens is 429 g/mol. The first-order chi connectivity index (χ1) is 12.2. The first-order valence-corrected chi connectivity index (χ1v) is 9.63. The number of esters is 1. The van der Waals surface area contributed by atoms with Crippen molar-refractivity contribution >= 4 is 37.6 Å². The Kier molecular flexibility index (Phi) is 6.25. The molecule has 0 amide bonds. The average Bonchev–Trinajstić information content (AvgIpc) is 2.59. The van der Waals surface area contributed by atoms with Gasteiger partial charge in [-0.05, 0) is 48.9 Å². The number of anilines is 1. The van der Waals surface area contributed by atoms with E-state index in [1.807, 2.05) is 0 Å². The number of rotatable bonds is 6. The van der Waals surface area contributed by atoms with Crippen LogP contribution in [0.3, 0.4) is 0 Å². The first-order valence-electron chi connectivity index (χ1n) is 7.40. The number of carbonyl (C=O) groups is 1. The van der Waals surface area contributed by atoms with Crippen molar-refractivity contribution in [2.45, 2.75) is 11.8 Å². The Hall–Kier alpha value is -2.13. The monoisotopic (exact) mass is 445 g/mol. The number of methoxy groups -OCH3 is 2. The zero-order chi connectivity index (χ0) is 19.5. The Balaban J connectivity index is 2.59. The first kappa shape index (κ1) is 20.2. The number of nitrogens with zero attached hydrogens (tertiary/aromatic N) is 1. The lowest BCUT2D eigenvalue weighted by Crippen LogP contribution is -2.37. The zero-order valence-electron chi connectivity index (χ0n) is 14.3. The van der Waals surface area contributed by atoms with Gasteiger partial charge in [0.05, 0.1) is 24.8 Å². The van der Waals surface area contributed by atoms with Gasteiger partial charge in [-0.2, -0.15) is 0 Å². The molecule has 0 aromatic heterocycles. The summed E-state index contributed by atoms with van der Waals surface area (Å²) in [6, 6.07) is 8.11. The van der Waals surface area contributed by atoms with E-state index >= 15 is 0 Å². The minimum Gasteiger partial charge on any atom is -0.496 e. The minimum atomic E-state index is -4.22. The van der Waals surface area contributed by atoms with Crippen molar-refractivity contribution in [3.63, 3.8) is 0 Å². The number of sulfonamides is 1. The molecule has 0 saturated carbocycles. The summed E-state index contributed by atoms with van der Waals surface area (Å²) in [6.07, 6.45) is 0. The van der Waals surface area contributed by atoms with Gasteiger partial charge in [-0.25, -0.2) is 12.8 Å². The van der Waals surface area contributed by atoms with Crippen LogP contribution in [0.1, 0.15) is 5.56 Å². The summed E-state index contributed by atoms with van der Waals surface area (Å²) in [5.41, 5.74) is 0.329. The molecule has 0 heterocycles. The van der Waals surface area contributed by atoms with Crippen molar-refractivity contribution in [2.24, 2.45) is 0 Å². The van der Waals surface area contributed by atoms with Crippen LogP contribution in [0.5, 0.6) is 5.75 Å². The largest absolute Gasteiger partial charge is 0.496 e. The third-order valence-corrected chi connectivity index (χ3v) is 5.88. The van der Waals surface area contributed by atoms with E-state index in [0.717, 1.165) is 13.2 Å². The van der Waals surface area contributed by atoms with Crippen LogP contribution in [-0.2, 0) is 19.6 Å². The molecule has 0 aliphatic heterocycles. The van der Waals surface area contributed by atoms with Gasteiger partial charge in [0, 0.05) is 4.47 Å². The van der Waals surface area contributed by atoms with E-state index in [-0.39, 0.29) is 10.6 Å². The van der Waals surface area contributed by atoms with Crippen LogP contribution in [-0.4, -0.2) is 35.2 Å². The van der Waals surface area contributed by atoms with Crippen LogP contribution in [0.4, 0.5) is 10.1 Å². The lowest BCUT2D eigenvalue weighted by molar-refractivity contribution is -0.138. The van der Waals surface area contributed by atoms with E-state index in [4.69, 9.17) is 4.74 Å². The van der Waals surface area contributed by atoms with E-state index in [9.17, 15) is 17.6 Å². The van der Waals surface area contributed by atoms with Crippen LogP contribution in [0, 0.1) is 12.7 Å². The van der Waals surface area contributed by atoms with Gasteiger partial charge in [-0.1, -0.05) is 15.9 Å². The smallest absolute Gasteiger partial charge is 0.326 e. The highest BCUT2D eigenvalue weighted by Gasteiger charge is 2.30. The summed E-state index contributed by atoms with van der Waals surface area (Å²) in [7, 11) is -1.62. The van der Waals surface area contributed by atoms with E-state index < -0.39 is 28.4 Å². The maximum atomic E-state index is 14.4. The van der Waals surface area contributed by atoms with Gasteiger partial charge >= 0.3 is 5.97 Å². The second kappa shape index (κ2) is 8.05. The molecule has 140 valence electrons. The van der Waals surface area contributed by atoms with E-state index in [2.05, 4.69) is 20.7 Å². The highest BCUT2D eigenvalue weighted by Crippen LogP contribution is 2.30. The third-order valence-electron chi connectivity index (χ3n) is 3.63.